The molecule has 0 radical (unpaired) electrons. The fraction of sp³-hybridized carbons (Fsp3) is 0.217. The summed E-state index contributed by atoms with van der Waals surface area (Å²) in [5, 5.41) is 12.3. The van der Waals surface area contributed by atoms with Crippen LogP contribution < -0.4 is 4.90 Å². The third-order valence-corrected chi connectivity index (χ3v) is 5.85. The second-order valence-electron chi connectivity index (χ2n) is 7.69. The molecule has 3 amide bonds. The molecule has 0 aromatic heterocycles. The van der Waals surface area contributed by atoms with E-state index in [0.717, 1.165) is 10.5 Å². The maximum Gasteiger partial charge on any atom is 0.332 e. The van der Waals surface area contributed by atoms with Gasteiger partial charge in [0.25, 0.3) is 11.6 Å². The highest BCUT2D eigenvalue weighted by Gasteiger charge is 2.51. The molecule has 156 valence electrons. The van der Waals surface area contributed by atoms with E-state index in [1.165, 1.54) is 17.0 Å². The summed E-state index contributed by atoms with van der Waals surface area (Å²) < 4.78 is 5.94. The highest BCUT2D eigenvalue weighted by Crippen LogP contribution is 2.38. The lowest BCUT2D eigenvalue weighted by molar-refractivity contribution is -0.383. The van der Waals surface area contributed by atoms with Crippen LogP contribution in [0, 0.1) is 10.1 Å². The van der Waals surface area contributed by atoms with Gasteiger partial charge in [-0.25, -0.2) is 9.69 Å². The molecule has 3 aromatic carbocycles. The number of carbonyl (C=O) groups is 2. The van der Waals surface area contributed by atoms with Crippen LogP contribution in [-0.4, -0.2) is 40.5 Å². The molecule has 5 rings (SSSR count). The lowest BCUT2D eigenvalue weighted by Crippen LogP contribution is -2.35. The molecule has 31 heavy (non-hydrogen) atoms. The van der Waals surface area contributed by atoms with E-state index in [9.17, 15) is 19.7 Å². The quantitative estimate of drug-likeness (QED) is 0.357. The fourth-order valence-electron chi connectivity index (χ4n) is 4.37. The molecule has 2 atom stereocenters. The van der Waals surface area contributed by atoms with E-state index in [2.05, 4.69) is 0 Å². The van der Waals surface area contributed by atoms with E-state index < -0.39 is 17.0 Å². The van der Waals surface area contributed by atoms with Crippen molar-refractivity contribution in [1.29, 1.82) is 0 Å². The molecular weight excluding hydrogens is 398 g/mol. The molecule has 0 saturated carbocycles. The van der Waals surface area contributed by atoms with Crippen LogP contribution in [0.15, 0.2) is 66.7 Å². The Bertz CT molecular complexity index is 1170. The first kappa shape index (κ1) is 19.2. The van der Waals surface area contributed by atoms with Crippen LogP contribution in [-0.2, 0) is 16.1 Å². The first-order valence-corrected chi connectivity index (χ1v) is 10.0. The van der Waals surface area contributed by atoms with Crippen molar-refractivity contribution in [2.24, 2.45) is 0 Å². The summed E-state index contributed by atoms with van der Waals surface area (Å²) in [5.41, 5.74) is 1.34. The van der Waals surface area contributed by atoms with Crippen LogP contribution in [0.5, 0.6) is 0 Å². The minimum absolute atomic E-state index is 0.0617. The summed E-state index contributed by atoms with van der Waals surface area (Å²) in [6.45, 7) is 0.759. The lowest BCUT2D eigenvalue weighted by Gasteiger charge is -2.19. The van der Waals surface area contributed by atoms with E-state index in [1.807, 2.05) is 30.3 Å². The first-order chi connectivity index (χ1) is 15.0. The number of benzene rings is 3. The molecule has 2 aliphatic heterocycles. The Morgan fingerprint density at radius 1 is 0.968 bits per heavy atom. The number of non-ortho nitro benzene ring substituents is 1. The van der Waals surface area contributed by atoms with Crippen molar-refractivity contribution in [2.75, 3.05) is 11.4 Å². The molecule has 2 fully saturated rings. The summed E-state index contributed by atoms with van der Waals surface area (Å²) in [4.78, 5) is 39.9. The number of carbonyl (C=O) groups excluding carboxylic acids is 2. The number of ether oxygens (including phenoxy) is 1. The number of amides is 3. The zero-order valence-corrected chi connectivity index (χ0v) is 16.5. The summed E-state index contributed by atoms with van der Waals surface area (Å²) in [7, 11) is 0. The second kappa shape index (κ2) is 7.48. The minimum atomic E-state index is -0.581. The maximum atomic E-state index is 13.2. The Hall–Kier alpha value is -3.78. The first-order valence-electron chi connectivity index (χ1n) is 10.0. The van der Waals surface area contributed by atoms with Gasteiger partial charge in [0.15, 0.2) is 0 Å². The van der Waals surface area contributed by atoms with Gasteiger partial charge >= 0.3 is 6.03 Å². The number of hydrogen-bond acceptors (Lipinski definition) is 5. The lowest BCUT2D eigenvalue weighted by atomic mass is 10.1. The Morgan fingerprint density at radius 2 is 1.68 bits per heavy atom. The van der Waals surface area contributed by atoms with Crippen molar-refractivity contribution in [3.63, 3.8) is 0 Å². The number of anilines is 1. The Morgan fingerprint density at radius 3 is 2.39 bits per heavy atom. The number of urea groups is 1. The molecule has 2 aliphatic rings. The molecule has 0 N–H and O–H groups in total. The molecule has 2 saturated heterocycles. The molecule has 0 spiro atoms. The largest absolute Gasteiger partial charge is 0.372 e. The Balaban J connectivity index is 1.39. The molecule has 0 bridgehead atoms. The molecule has 0 aliphatic carbocycles. The van der Waals surface area contributed by atoms with Gasteiger partial charge in [-0.15, -0.1) is 0 Å². The molecule has 3 aromatic rings. The predicted molar refractivity (Wildman–Crippen MR) is 114 cm³/mol. The van der Waals surface area contributed by atoms with Crippen molar-refractivity contribution in [1.82, 2.24) is 4.90 Å². The van der Waals surface area contributed by atoms with E-state index >= 15 is 0 Å². The topological polar surface area (TPSA) is 93.0 Å². The molecule has 2 heterocycles. The third kappa shape index (κ3) is 3.21. The number of hydrogen-bond donors (Lipinski definition) is 0. The van der Waals surface area contributed by atoms with Crippen molar-refractivity contribution in [3.05, 3.63) is 82.4 Å². The van der Waals surface area contributed by atoms with Gasteiger partial charge in [0.2, 0.25) is 0 Å². The minimum Gasteiger partial charge on any atom is -0.372 e. The normalized spacial score (nSPS) is 20.5. The highest BCUT2D eigenvalue weighted by molar-refractivity contribution is 6.25. The monoisotopic (exact) mass is 417 g/mol. The van der Waals surface area contributed by atoms with E-state index in [0.29, 0.717) is 36.0 Å². The molecule has 2 unspecified atom stereocenters. The van der Waals surface area contributed by atoms with Gasteiger partial charge in [-0.1, -0.05) is 48.5 Å². The smallest absolute Gasteiger partial charge is 0.332 e. The zero-order valence-electron chi connectivity index (χ0n) is 16.5. The number of fused-ring (bicyclic) bond motifs is 2. The summed E-state index contributed by atoms with van der Waals surface area (Å²) >= 11 is 0. The van der Waals surface area contributed by atoms with E-state index in [4.69, 9.17) is 4.74 Å². The van der Waals surface area contributed by atoms with Gasteiger partial charge in [-0.05, 0) is 17.7 Å². The van der Waals surface area contributed by atoms with Gasteiger partial charge in [0, 0.05) is 24.4 Å². The summed E-state index contributed by atoms with van der Waals surface area (Å²) in [6, 6.07) is 18.3. The van der Waals surface area contributed by atoms with Crippen molar-refractivity contribution in [3.8, 4) is 0 Å². The van der Waals surface area contributed by atoms with Crippen LogP contribution in [0.3, 0.4) is 0 Å². The average molecular weight is 417 g/mol. The van der Waals surface area contributed by atoms with Crippen LogP contribution >= 0.6 is 0 Å². The number of rotatable bonds is 5. The van der Waals surface area contributed by atoms with Crippen LogP contribution in [0.4, 0.5) is 16.2 Å². The van der Waals surface area contributed by atoms with Crippen LogP contribution in [0.2, 0.25) is 0 Å². The highest BCUT2D eigenvalue weighted by atomic mass is 16.6. The van der Waals surface area contributed by atoms with Crippen molar-refractivity contribution in [2.45, 2.75) is 25.2 Å². The summed E-state index contributed by atoms with van der Waals surface area (Å²) in [5.74, 6) is -0.324. The number of imide groups is 1. The maximum absolute atomic E-state index is 13.2. The van der Waals surface area contributed by atoms with Crippen LogP contribution in [0.25, 0.3) is 10.8 Å². The molecule has 8 nitrogen and oxygen atoms in total. The number of nitro benzene ring substituents is 1. The second-order valence-corrected chi connectivity index (χ2v) is 7.69. The van der Waals surface area contributed by atoms with Gasteiger partial charge in [0.05, 0.1) is 28.7 Å². The number of nitro groups is 1. The standard InChI is InChI=1S/C23H19N3O5/c27-22-21-12-16(31-14-15-6-2-1-3-7-15)13-24(21)23(28)25(22)19-10-11-20(26(29)30)18-9-5-4-8-17(18)19/h1-11,16,21H,12-14H2. The predicted octanol–water partition coefficient (Wildman–Crippen LogP) is 3.87. The van der Waals surface area contributed by atoms with Gasteiger partial charge in [-0.3, -0.25) is 14.9 Å². The van der Waals surface area contributed by atoms with Gasteiger partial charge in [0.1, 0.15) is 6.04 Å². The SMILES string of the molecule is O=C1C2CC(OCc3ccccc3)CN2C(=O)N1c1ccc([N+](=O)[O-])c2ccccc12. The van der Waals surface area contributed by atoms with Crippen molar-refractivity contribution < 1.29 is 19.2 Å². The van der Waals surface area contributed by atoms with Crippen LogP contribution in [0.1, 0.15) is 12.0 Å². The Labute approximate surface area is 177 Å². The van der Waals surface area contributed by atoms with Gasteiger partial charge in [-0.2, -0.15) is 0 Å². The third-order valence-electron chi connectivity index (χ3n) is 5.85. The van der Waals surface area contributed by atoms with E-state index in [1.54, 1.807) is 24.3 Å². The van der Waals surface area contributed by atoms with E-state index in [-0.39, 0.29) is 17.7 Å². The zero-order chi connectivity index (χ0) is 21.5. The Kier molecular flexibility index (Phi) is 4.63. The molecular formula is C23H19N3O5. The summed E-state index contributed by atoms with van der Waals surface area (Å²) in [6.07, 6.45) is 0.215. The van der Waals surface area contributed by atoms with Crippen molar-refractivity contribution >= 4 is 34.1 Å². The fourth-order valence-corrected chi connectivity index (χ4v) is 4.37. The number of nitrogens with zero attached hydrogens (tertiary/aromatic N) is 3. The average Bonchev–Trinajstić information content (AvgIpc) is 3.31. The molecule has 8 heteroatoms. The van der Waals surface area contributed by atoms with Gasteiger partial charge < -0.3 is 9.64 Å².